The Hall–Kier alpha value is -0.940. The Morgan fingerprint density at radius 2 is 2.12 bits per heavy atom. The molecule has 1 unspecified atom stereocenters. The van der Waals surface area contributed by atoms with Gasteiger partial charge in [0.15, 0.2) is 5.75 Å². The van der Waals surface area contributed by atoms with E-state index in [1.807, 2.05) is 12.1 Å². The molecule has 0 spiro atoms. The van der Waals surface area contributed by atoms with Gasteiger partial charge in [0.05, 0.1) is 19.9 Å². The van der Waals surface area contributed by atoms with Crippen molar-refractivity contribution in [3.8, 4) is 11.5 Å². The van der Waals surface area contributed by atoms with Crippen molar-refractivity contribution < 1.29 is 9.47 Å². The molecule has 1 aliphatic rings. The number of nitrogens with two attached hydrogens (primary N) is 1. The summed E-state index contributed by atoms with van der Waals surface area (Å²) in [7, 11) is 3.31. The summed E-state index contributed by atoms with van der Waals surface area (Å²) in [5.74, 6) is 1.58. The van der Waals surface area contributed by atoms with Crippen molar-refractivity contribution in [1.29, 1.82) is 0 Å². The van der Waals surface area contributed by atoms with Gasteiger partial charge in [0.25, 0.3) is 0 Å². The molecule has 17 heavy (non-hydrogen) atoms. The molecule has 1 aliphatic heterocycles. The fourth-order valence-corrected chi connectivity index (χ4v) is 2.79. The van der Waals surface area contributed by atoms with E-state index in [1.165, 1.54) is 0 Å². The highest BCUT2D eigenvalue weighted by molar-refractivity contribution is 9.10. The maximum absolute atomic E-state index is 5.93. The highest BCUT2D eigenvalue weighted by Crippen LogP contribution is 2.42. The van der Waals surface area contributed by atoms with Crippen LogP contribution in [0.4, 0.5) is 5.69 Å². The number of hydrogen-bond acceptors (Lipinski definition) is 4. The molecule has 4 nitrogen and oxygen atoms in total. The Bertz CT molecular complexity index is 412. The highest BCUT2D eigenvalue weighted by Gasteiger charge is 2.24. The lowest BCUT2D eigenvalue weighted by atomic mass is 10.2. The Balaban J connectivity index is 2.37. The Morgan fingerprint density at radius 3 is 2.65 bits per heavy atom. The van der Waals surface area contributed by atoms with Crippen LogP contribution in [-0.4, -0.2) is 33.4 Å². The molecule has 0 radical (unpaired) electrons. The maximum atomic E-state index is 5.93. The molecule has 0 amide bonds. The van der Waals surface area contributed by atoms with E-state index in [0.717, 1.165) is 41.2 Å². The molecular weight excluding hydrogens is 284 g/mol. The van der Waals surface area contributed by atoms with E-state index in [2.05, 4.69) is 20.8 Å². The first-order chi connectivity index (χ1) is 8.17. The van der Waals surface area contributed by atoms with Gasteiger partial charge in [-0.3, -0.25) is 0 Å². The minimum atomic E-state index is 0.251. The zero-order valence-electron chi connectivity index (χ0n) is 10.1. The molecule has 94 valence electrons. The lowest BCUT2D eigenvalue weighted by Crippen LogP contribution is -2.26. The van der Waals surface area contributed by atoms with Crippen LogP contribution in [0.3, 0.4) is 0 Å². The molecule has 1 saturated heterocycles. The standard InChI is InChI=1S/C12H17BrN2O2/c1-16-10-4-3-9(12(17-2)11(10)13)15-6-5-8(14)7-15/h3-4,8H,5-7,14H2,1-2H3. The molecule has 1 fully saturated rings. The number of nitrogens with zero attached hydrogens (tertiary/aromatic N) is 1. The van der Waals surface area contributed by atoms with E-state index in [9.17, 15) is 0 Å². The van der Waals surface area contributed by atoms with Gasteiger partial charge in [0.1, 0.15) is 10.2 Å². The third-order valence-electron chi connectivity index (χ3n) is 3.03. The quantitative estimate of drug-likeness (QED) is 0.927. The van der Waals surface area contributed by atoms with E-state index in [1.54, 1.807) is 14.2 Å². The molecule has 0 aliphatic carbocycles. The largest absolute Gasteiger partial charge is 0.495 e. The van der Waals surface area contributed by atoms with E-state index in [0.29, 0.717) is 0 Å². The SMILES string of the molecule is COc1ccc(N2CCC(N)C2)c(OC)c1Br. The second-order valence-corrected chi connectivity index (χ2v) is 4.92. The average molecular weight is 301 g/mol. The lowest BCUT2D eigenvalue weighted by molar-refractivity contribution is 0.389. The number of ether oxygens (including phenoxy) is 2. The normalized spacial score (nSPS) is 19.5. The van der Waals surface area contributed by atoms with Crippen molar-refractivity contribution in [2.24, 2.45) is 5.73 Å². The van der Waals surface area contributed by atoms with Crippen LogP contribution in [-0.2, 0) is 0 Å². The number of benzene rings is 1. The first kappa shape index (κ1) is 12.5. The van der Waals surface area contributed by atoms with Crippen LogP contribution in [0.25, 0.3) is 0 Å². The third-order valence-corrected chi connectivity index (χ3v) is 3.78. The van der Waals surface area contributed by atoms with Gasteiger partial charge in [0, 0.05) is 19.1 Å². The number of hydrogen-bond donors (Lipinski definition) is 1. The molecule has 0 bridgehead atoms. The van der Waals surface area contributed by atoms with Crippen LogP contribution in [0.2, 0.25) is 0 Å². The number of anilines is 1. The van der Waals surface area contributed by atoms with Gasteiger partial charge in [0.2, 0.25) is 0 Å². The van der Waals surface area contributed by atoms with Crippen molar-refractivity contribution >= 4 is 21.6 Å². The van der Waals surface area contributed by atoms with Crippen LogP contribution < -0.4 is 20.1 Å². The summed E-state index contributed by atoms with van der Waals surface area (Å²) in [5.41, 5.74) is 6.99. The van der Waals surface area contributed by atoms with E-state index < -0.39 is 0 Å². The van der Waals surface area contributed by atoms with Gasteiger partial charge in [-0.25, -0.2) is 0 Å². The van der Waals surface area contributed by atoms with E-state index >= 15 is 0 Å². The highest BCUT2D eigenvalue weighted by atomic mass is 79.9. The predicted octanol–water partition coefficient (Wildman–Crippen LogP) is 2.00. The van der Waals surface area contributed by atoms with E-state index in [-0.39, 0.29) is 6.04 Å². The minimum Gasteiger partial charge on any atom is -0.495 e. The Morgan fingerprint density at radius 1 is 1.35 bits per heavy atom. The topological polar surface area (TPSA) is 47.7 Å². The van der Waals surface area contributed by atoms with Gasteiger partial charge in [-0.1, -0.05) is 0 Å². The van der Waals surface area contributed by atoms with Gasteiger partial charge in [-0.15, -0.1) is 0 Å². The molecule has 2 N–H and O–H groups in total. The Labute approximate surface area is 110 Å². The first-order valence-electron chi connectivity index (χ1n) is 5.58. The van der Waals surface area contributed by atoms with Crippen molar-refractivity contribution in [3.05, 3.63) is 16.6 Å². The number of rotatable bonds is 3. The fraction of sp³-hybridized carbons (Fsp3) is 0.500. The summed E-state index contributed by atoms with van der Waals surface area (Å²) >= 11 is 3.51. The summed E-state index contributed by atoms with van der Waals surface area (Å²) in [5, 5.41) is 0. The van der Waals surface area contributed by atoms with Gasteiger partial charge < -0.3 is 20.1 Å². The molecule has 1 aromatic carbocycles. The number of methoxy groups -OCH3 is 2. The molecule has 1 aromatic rings. The molecule has 1 heterocycles. The average Bonchev–Trinajstić information content (AvgIpc) is 2.75. The van der Waals surface area contributed by atoms with Crippen LogP contribution in [0, 0.1) is 0 Å². The van der Waals surface area contributed by atoms with Gasteiger partial charge in [-0.05, 0) is 34.5 Å². The monoisotopic (exact) mass is 300 g/mol. The molecule has 0 aromatic heterocycles. The van der Waals surface area contributed by atoms with Crippen molar-refractivity contribution in [2.45, 2.75) is 12.5 Å². The van der Waals surface area contributed by atoms with Crippen LogP contribution in [0.1, 0.15) is 6.42 Å². The summed E-state index contributed by atoms with van der Waals surface area (Å²) in [6, 6.07) is 4.20. The molecule has 1 atom stereocenters. The van der Waals surface area contributed by atoms with Crippen LogP contribution in [0.5, 0.6) is 11.5 Å². The first-order valence-corrected chi connectivity index (χ1v) is 6.37. The van der Waals surface area contributed by atoms with Crippen molar-refractivity contribution in [1.82, 2.24) is 0 Å². The van der Waals surface area contributed by atoms with E-state index in [4.69, 9.17) is 15.2 Å². The fourth-order valence-electron chi connectivity index (χ4n) is 2.13. The number of halogens is 1. The van der Waals surface area contributed by atoms with Crippen LogP contribution >= 0.6 is 15.9 Å². The summed E-state index contributed by atoms with van der Waals surface area (Å²) in [4.78, 5) is 2.24. The second kappa shape index (κ2) is 5.14. The predicted molar refractivity (Wildman–Crippen MR) is 72.1 cm³/mol. The summed E-state index contributed by atoms with van der Waals surface area (Å²) < 4.78 is 11.6. The van der Waals surface area contributed by atoms with Crippen molar-refractivity contribution in [2.75, 3.05) is 32.2 Å². The van der Waals surface area contributed by atoms with Gasteiger partial charge >= 0.3 is 0 Å². The van der Waals surface area contributed by atoms with Gasteiger partial charge in [-0.2, -0.15) is 0 Å². The minimum absolute atomic E-state index is 0.251. The molecule has 0 saturated carbocycles. The molecule has 2 rings (SSSR count). The lowest BCUT2D eigenvalue weighted by Gasteiger charge is -2.22. The molecule has 5 heteroatoms. The third kappa shape index (κ3) is 2.35. The van der Waals surface area contributed by atoms with Crippen LogP contribution in [0.15, 0.2) is 16.6 Å². The summed E-state index contributed by atoms with van der Waals surface area (Å²) in [6.07, 6.45) is 1.02. The smallest absolute Gasteiger partial charge is 0.160 e. The Kier molecular flexibility index (Phi) is 3.79. The second-order valence-electron chi connectivity index (χ2n) is 4.13. The molecular formula is C12H17BrN2O2. The summed E-state index contributed by atoms with van der Waals surface area (Å²) in [6.45, 7) is 1.84. The zero-order chi connectivity index (χ0) is 12.4. The zero-order valence-corrected chi connectivity index (χ0v) is 11.7. The van der Waals surface area contributed by atoms with Crippen molar-refractivity contribution in [3.63, 3.8) is 0 Å². The maximum Gasteiger partial charge on any atom is 0.160 e.